The number of amides is 2. The Morgan fingerprint density at radius 3 is 2.48 bits per heavy atom. The summed E-state index contributed by atoms with van der Waals surface area (Å²) in [5.74, 6) is 0.266. The lowest BCUT2D eigenvalue weighted by atomic mass is 10.2. The number of methoxy groups -OCH3 is 2. The Labute approximate surface area is 159 Å². The Morgan fingerprint density at radius 2 is 1.81 bits per heavy atom. The molecule has 0 atom stereocenters. The molecule has 1 aromatic carbocycles. The van der Waals surface area contributed by atoms with Gasteiger partial charge >= 0.3 is 5.91 Å². The van der Waals surface area contributed by atoms with Crippen LogP contribution in [0.25, 0.3) is 10.6 Å². The van der Waals surface area contributed by atoms with Crippen LogP contribution in [0, 0.1) is 6.92 Å². The summed E-state index contributed by atoms with van der Waals surface area (Å²) in [4.78, 5) is 29.0. The summed E-state index contributed by atoms with van der Waals surface area (Å²) in [6.45, 7) is 1.73. The summed E-state index contributed by atoms with van der Waals surface area (Å²) in [5, 5.41) is 0.649. The molecule has 0 saturated carbocycles. The number of hydrogen-bond donors (Lipinski definition) is 2. The molecule has 2 aromatic heterocycles. The predicted octanol–water partition coefficient (Wildman–Crippen LogP) is 2.80. The van der Waals surface area contributed by atoms with Crippen LogP contribution in [0.5, 0.6) is 11.5 Å². The SMILES string of the molecule is COc1ccc(-c2nc(C)c(C(=O)NNC(=O)c3ccco3)s2)cc1OC. The zero-order valence-electron chi connectivity index (χ0n) is 14.9. The number of benzene rings is 1. The van der Waals surface area contributed by atoms with Crippen LogP contribution in [0.3, 0.4) is 0 Å². The van der Waals surface area contributed by atoms with E-state index in [1.165, 1.54) is 23.7 Å². The summed E-state index contributed by atoms with van der Waals surface area (Å²) < 4.78 is 15.5. The van der Waals surface area contributed by atoms with E-state index in [2.05, 4.69) is 15.8 Å². The van der Waals surface area contributed by atoms with Crippen molar-refractivity contribution in [2.45, 2.75) is 6.92 Å². The third-order valence-corrected chi connectivity index (χ3v) is 4.87. The molecule has 140 valence electrons. The number of hydrazine groups is 1. The molecule has 8 nitrogen and oxygen atoms in total. The number of furan rings is 1. The van der Waals surface area contributed by atoms with E-state index in [4.69, 9.17) is 13.9 Å². The van der Waals surface area contributed by atoms with E-state index in [1.54, 1.807) is 39.3 Å². The van der Waals surface area contributed by atoms with Crippen molar-refractivity contribution in [1.82, 2.24) is 15.8 Å². The monoisotopic (exact) mass is 387 g/mol. The smallest absolute Gasteiger partial charge is 0.305 e. The maximum Gasteiger partial charge on any atom is 0.305 e. The van der Waals surface area contributed by atoms with Crippen LogP contribution in [0.4, 0.5) is 0 Å². The molecule has 2 N–H and O–H groups in total. The first-order valence-electron chi connectivity index (χ1n) is 7.87. The van der Waals surface area contributed by atoms with Gasteiger partial charge in [0.25, 0.3) is 5.91 Å². The molecule has 27 heavy (non-hydrogen) atoms. The second-order valence-electron chi connectivity index (χ2n) is 5.39. The van der Waals surface area contributed by atoms with Crippen LogP contribution in [0.15, 0.2) is 41.0 Å². The number of hydrogen-bond acceptors (Lipinski definition) is 7. The largest absolute Gasteiger partial charge is 0.493 e. The number of aromatic nitrogens is 1. The van der Waals surface area contributed by atoms with Gasteiger partial charge in [0.2, 0.25) is 0 Å². The normalized spacial score (nSPS) is 10.3. The van der Waals surface area contributed by atoms with E-state index in [-0.39, 0.29) is 5.76 Å². The molecule has 0 unspecified atom stereocenters. The fourth-order valence-electron chi connectivity index (χ4n) is 2.34. The number of carbonyl (C=O) groups excluding carboxylic acids is 2. The lowest BCUT2D eigenvalue weighted by Gasteiger charge is -2.08. The van der Waals surface area contributed by atoms with Gasteiger partial charge in [-0.3, -0.25) is 20.4 Å². The number of rotatable bonds is 5. The summed E-state index contributed by atoms with van der Waals surface area (Å²) in [7, 11) is 3.11. The highest BCUT2D eigenvalue weighted by molar-refractivity contribution is 7.17. The first-order chi connectivity index (χ1) is 13.0. The molecule has 0 spiro atoms. The third kappa shape index (κ3) is 3.93. The van der Waals surface area contributed by atoms with E-state index >= 15 is 0 Å². The maximum absolute atomic E-state index is 12.4. The van der Waals surface area contributed by atoms with Gasteiger partial charge in [-0.25, -0.2) is 4.98 Å². The quantitative estimate of drug-likeness (QED) is 0.653. The third-order valence-electron chi connectivity index (χ3n) is 3.67. The number of aryl methyl sites for hydroxylation is 1. The van der Waals surface area contributed by atoms with E-state index < -0.39 is 11.8 Å². The molecule has 0 radical (unpaired) electrons. The van der Waals surface area contributed by atoms with Gasteiger partial charge in [0.15, 0.2) is 17.3 Å². The van der Waals surface area contributed by atoms with Crippen molar-refractivity contribution in [3.63, 3.8) is 0 Å². The molecule has 0 aliphatic carbocycles. The summed E-state index contributed by atoms with van der Waals surface area (Å²) in [6, 6.07) is 8.47. The summed E-state index contributed by atoms with van der Waals surface area (Å²) in [6.07, 6.45) is 1.37. The summed E-state index contributed by atoms with van der Waals surface area (Å²) >= 11 is 1.21. The van der Waals surface area contributed by atoms with Crippen molar-refractivity contribution in [3.8, 4) is 22.1 Å². The molecule has 0 fully saturated rings. The zero-order valence-corrected chi connectivity index (χ0v) is 15.7. The Bertz CT molecular complexity index is 966. The van der Waals surface area contributed by atoms with Crippen molar-refractivity contribution in [1.29, 1.82) is 0 Å². The first kappa shape index (κ1) is 18.5. The lowest BCUT2D eigenvalue weighted by molar-refractivity contribution is 0.0832. The van der Waals surface area contributed by atoms with Gasteiger partial charge in [0.05, 0.1) is 26.2 Å². The Hall–Kier alpha value is -3.33. The first-order valence-corrected chi connectivity index (χ1v) is 8.69. The average molecular weight is 387 g/mol. The van der Waals surface area contributed by atoms with Gasteiger partial charge in [-0.1, -0.05) is 0 Å². The van der Waals surface area contributed by atoms with Gasteiger partial charge in [0, 0.05) is 5.56 Å². The van der Waals surface area contributed by atoms with Crippen LogP contribution in [-0.4, -0.2) is 31.0 Å². The molecule has 2 amide bonds. The Morgan fingerprint density at radius 1 is 1.07 bits per heavy atom. The van der Waals surface area contributed by atoms with E-state index in [9.17, 15) is 9.59 Å². The highest BCUT2D eigenvalue weighted by Crippen LogP contribution is 2.34. The zero-order chi connectivity index (χ0) is 19.4. The number of nitrogens with zero attached hydrogens (tertiary/aromatic N) is 1. The minimum Gasteiger partial charge on any atom is -0.493 e. The van der Waals surface area contributed by atoms with E-state index in [1.807, 2.05) is 6.07 Å². The fourth-order valence-corrected chi connectivity index (χ4v) is 3.30. The summed E-state index contributed by atoms with van der Waals surface area (Å²) in [5.41, 5.74) is 6.01. The number of thiazole rings is 1. The molecule has 3 aromatic rings. The Balaban J connectivity index is 1.76. The van der Waals surface area contributed by atoms with Crippen molar-refractivity contribution < 1.29 is 23.5 Å². The van der Waals surface area contributed by atoms with Crippen LogP contribution < -0.4 is 20.3 Å². The number of ether oxygens (including phenoxy) is 2. The van der Waals surface area contributed by atoms with Crippen LogP contribution in [0.1, 0.15) is 25.9 Å². The second kappa shape index (κ2) is 7.92. The molecule has 9 heteroatoms. The van der Waals surface area contributed by atoms with Gasteiger partial charge in [-0.15, -0.1) is 11.3 Å². The van der Waals surface area contributed by atoms with Gasteiger partial charge in [0.1, 0.15) is 9.88 Å². The number of nitrogens with one attached hydrogen (secondary N) is 2. The molecule has 3 rings (SSSR count). The van der Waals surface area contributed by atoms with Gasteiger partial charge in [-0.2, -0.15) is 0 Å². The van der Waals surface area contributed by atoms with Gasteiger partial charge < -0.3 is 13.9 Å². The topological polar surface area (TPSA) is 103 Å². The number of carbonyl (C=O) groups is 2. The minimum absolute atomic E-state index is 0.0994. The van der Waals surface area contributed by atoms with Crippen molar-refractivity contribution in [2.24, 2.45) is 0 Å². The predicted molar refractivity (Wildman–Crippen MR) is 99.0 cm³/mol. The van der Waals surface area contributed by atoms with E-state index in [0.29, 0.717) is 27.1 Å². The Kier molecular flexibility index (Phi) is 5.41. The highest BCUT2D eigenvalue weighted by atomic mass is 32.1. The van der Waals surface area contributed by atoms with Crippen molar-refractivity contribution in [3.05, 3.63) is 52.9 Å². The van der Waals surface area contributed by atoms with Crippen molar-refractivity contribution in [2.75, 3.05) is 14.2 Å². The lowest BCUT2D eigenvalue weighted by Crippen LogP contribution is -2.41. The minimum atomic E-state index is -0.546. The molecule has 0 bridgehead atoms. The van der Waals surface area contributed by atoms with Crippen LogP contribution >= 0.6 is 11.3 Å². The second-order valence-corrected chi connectivity index (χ2v) is 6.39. The highest BCUT2D eigenvalue weighted by Gasteiger charge is 2.18. The van der Waals surface area contributed by atoms with Crippen molar-refractivity contribution >= 4 is 23.2 Å². The molecule has 0 aliphatic rings. The van der Waals surface area contributed by atoms with Crippen LogP contribution in [-0.2, 0) is 0 Å². The fraction of sp³-hybridized carbons (Fsp3) is 0.167. The van der Waals surface area contributed by atoms with E-state index in [0.717, 1.165) is 5.56 Å². The van der Waals surface area contributed by atoms with Crippen LogP contribution in [0.2, 0.25) is 0 Å². The molecular formula is C18H17N3O5S. The molecule has 0 aliphatic heterocycles. The van der Waals surface area contributed by atoms with Gasteiger partial charge in [-0.05, 0) is 37.3 Å². The standard InChI is InChI=1S/C18H17N3O5S/c1-10-15(17(23)21-20-16(22)13-5-4-8-26-13)27-18(19-10)11-6-7-12(24-2)14(9-11)25-3/h4-9H,1-3H3,(H,20,22)(H,21,23). The molecule has 2 heterocycles. The average Bonchev–Trinajstić information content (AvgIpc) is 3.35. The molecule has 0 saturated heterocycles. The molecular weight excluding hydrogens is 370 g/mol. The maximum atomic E-state index is 12.4.